The van der Waals surface area contributed by atoms with E-state index in [0.717, 1.165) is 12.8 Å². The van der Waals surface area contributed by atoms with Gasteiger partial charge in [0.2, 0.25) is 0 Å². The molecule has 1 aliphatic carbocycles. The summed E-state index contributed by atoms with van der Waals surface area (Å²) < 4.78 is 1.76. The molecule has 7 nitrogen and oxygen atoms in total. The zero-order valence-corrected chi connectivity index (χ0v) is 8.42. The maximum absolute atomic E-state index is 11.9. The van der Waals surface area contributed by atoms with E-state index in [9.17, 15) is 4.79 Å². The molecular formula is C9H10N6O. The molecule has 2 aromatic rings. The molecule has 0 bridgehead atoms. The Bertz CT molecular complexity index is 498. The molecule has 2 N–H and O–H groups in total. The second kappa shape index (κ2) is 3.44. The number of nitrogens with zero attached hydrogens (tertiary/aromatic N) is 4. The van der Waals surface area contributed by atoms with Gasteiger partial charge in [0.25, 0.3) is 5.91 Å². The minimum atomic E-state index is -0.210. The van der Waals surface area contributed by atoms with Crippen molar-refractivity contribution in [3.8, 4) is 0 Å². The van der Waals surface area contributed by atoms with Crippen molar-refractivity contribution >= 4 is 11.7 Å². The molecule has 0 saturated heterocycles. The monoisotopic (exact) mass is 218 g/mol. The lowest BCUT2D eigenvalue weighted by molar-refractivity contribution is 0.101. The molecule has 1 fully saturated rings. The Morgan fingerprint density at radius 3 is 3.12 bits per heavy atom. The van der Waals surface area contributed by atoms with Crippen LogP contribution in [0.1, 0.15) is 29.4 Å². The topological polar surface area (TPSA) is 88.5 Å². The SMILES string of the molecule is O=C(Nc1cn[nH]n1)c1ccnn1C1CC1. The number of anilines is 1. The summed E-state index contributed by atoms with van der Waals surface area (Å²) in [6, 6.07) is 2.08. The van der Waals surface area contributed by atoms with Crippen molar-refractivity contribution in [2.24, 2.45) is 0 Å². The summed E-state index contributed by atoms with van der Waals surface area (Å²) in [6.07, 6.45) is 5.27. The van der Waals surface area contributed by atoms with Crippen molar-refractivity contribution in [3.63, 3.8) is 0 Å². The highest BCUT2D eigenvalue weighted by Gasteiger charge is 2.28. The van der Waals surface area contributed by atoms with Gasteiger partial charge < -0.3 is 5.32 Å². The first-order valence-electron chi connectivity index (χ1n) is 5.05. The van der Waals surface area contributed by atoms with Crippen molar-refractivity contribution in [2.75, 3.05) is 5.32 Å². The molecular weight excluding hydrogens is 208 g/mol. The maximum Gasteiger partial charge on any atom is 0.275 e. The summed E-state index contributed by atoms with van der Waals surface area (Å²) in [5, 5.41) is 16.6. The van der Waals surface area contributed by atoms with Crippen molar-refractivity contribution in [1.82, 2.24) is 25.2 Å². The summed E-state index contributed by atoms with van der Waals surface area (Å²) >= 11 is 0. The molecule has 0 aromatic carbocycles. The fraction of sp³-hybridized carbons (Fsp3) is 0.333. The molecule has 1 amide bonds. The summed E-state index contributed by atoms with van der Waals surface area (Å²) in [6.45, 7) is 0. The van der Waals surface area contributed by atoms with Gasteiger partial charge in [-0.1, -0.05) is 0 Å². The Labute approximate surface area is 90.8 Å². The minimum Gasteiger partial charge on any atom is -0.302 e. The molecule has 2 heterocycles. The Morgan fingerprint density at radius 2 is 2.44 bits per heavy atom. The van der Waals surface area contributed by atoms with Crippen LogP contribution in [0.4, 0.5) is 5.82 Å². The van der Waals surface area contributed by atoms with Crippen LogP contribution in [0.2, 0.25) is 0 Å². The first-order chi connectivity index (χ1) is 7.84. The van der Waals surface area contributed by atoms with Crippen LogP contribution in [0.25, 0.3) is 0 Å². The number of nitrogens with one attached hydrogen (secondary N) is 2. The van der Waals surface area contributed by atoms with Gasteiger partial charge in [-0.25, -0.2) is 0 Å². The van der Waals surface area contributed by atoms with E-state index in [1.807, 2.05) is 0 Å². The third-order valence-corrected chi connectivity index (χ3v) is 2.45. The van der Waals surface area contributed by atoms with E-state index >= 15 is 0 Å². The average molecular weight is 218 g/mol. The van der Waals surface area contributed by atoms with Gasteiger partial charge >= 0.3 is 0 Å². The Hall–Kier alpha value is -2.18. The van der Waals surface area contributed by atoms with E-state index in [2.05, 4.69) is 25.8 Å². The summed E-state index contributed by atoms with van der Waals surface area (Å²) in [7, 11) is 0. The van der Waals surface area contributed by atoms with Gasteiger partial charge in [0, 0.05) is 6.20 Å². The Kier molecular flexibility index (Phi) is 1.95. The largest absolute Gasteiger partial charge is 0.302 e. The molecule has 2 aromatic heterocycles. The van der Waals surface area contributed by atoms with E-state index in [4.69, 9.17) is 0 Å². The molecule has 82 valence electrons. The second-order valence-electron chi connectivity index (χ2n) is 3.70. The molecule has 16 heavy (non-hydrogen) atoms. The zero-order valence-electron chi connectivity index (χ0n) is 8.42. The van der Waals surface area contributed by atoms with E-state index < -0.39 is 0 Å². The van der Waals surface area contributed by atoms with Crippen LogP contribution in [0.3, 0.4) is 0 Å². The number of hydrogen-bond acceptors (Lipinski definition) is 4. The van der Waals surface area contributed by atoms with Crippen LogP contribution in [0, 0.1) is 0 Å². The van der Waals surface area contributed by atoms with Gasteiger partial charge in [-0.3, -0.25) is 9.48 Å². The molecule has 0 unspecified atom stereocenters. The third-order valence-electron chi connectivity index (χ3n) is 2.45. The number of hydrogen-bond donors (Lipinski definition) is 2. The van der Waals surface area contributed by atoms with E-state index in [0.29, 0.717) is 17.6 Å². The van der Waals surface area contributed by atoms with E-state index in [1.54, 1.807) is 16.9 Å². The molecule has 0 radical (unpaired) electrons. The second-order valence-corrected chi connectivity index (χ2v) is 3.70. The number of carbonyl (C=O) groups is 1. The third kappa shape index (κ3) is 1.56. The number of rotatable bonds is 3. The van der Waals surface area contributed by atoms with Crippen molar-refractivity contribution < 1.29 is 4.79 Å². The van der Waals surface area contributed by atoms with Crippen LogP contribution in [-0.2, 0) is 0 Å². The van der Waals surface area contributed by atoms with Crippen LogP contribution in [0.5, 0.6) is 0 Å². The molecule has 0 atom stereocenters. The van der Waals surface area contributed by atoms with Crippen LogP contribution in [-0.4, -0.2) is 31.1 Å². The van der Waals surface area contributed by atoms with Crippen LogP contribution >= 0.6 is 0 Å². The van der Waals surface area contributed by atoms with Gasteiger partial charge in [0.15, 0.2) is 5.82 Å². The predicted octanol–water partition coefficient (Wildman–Crippen LogP) is 0.588. The molecule has 3 rings (SSSR count). The van der Waals surface area contributed by atoms with Crippen molar-refractivity contribution in [3.05, 3.63) is 24.2 Å². The molecule has 0 aliphatic heterocycles. The molecule has 1 saturated carbocycles. The Balaban J connectivity index is 1.80. The average Bonchev–Trinajstić information content (AvgIpc) is 2.82. The maximum atomic E-state index is 11.9. The van der Waals surface area contributed by atoms with Crippen LogP contribution < -0.4 is 5.32 Å². The molecule has 1 aliphatic rings. The first kappa shape index (κ1) is 9.08. The highest BCUT2D eigenvalue weighted by Crippen LogP contribution is 2.35. The number of carbonyl (C=O) groups excluding carboxylic acids is 1. The lowest BCUT2D eigenvalue weighted by Gasteiger charge is -2.04. The van der Waals surface area contributed by atoms with Gasteiger partial charge in [-0.2, -0.15) is 15.4 Å². The predicted molar refractivity (Wildman–Crippen MR) is 54.8 cm³/mol. The smallest absolute Gasteiger partial charge is 0.275 e. The number of aromatic nitrogens is 5. The highest BCUT2D eigenvalue weighted by molar-refractivity contribution is 6.02. The summed E-state index contributed by atoms with van der Waals surface area (Å²) in [4.78, 5) is 11.9. The molecule has 7 heteroatoms. The van der Waals surface area contributed by atoms with Gasteiger partial charge in [-0.15, -0.1) is 5.10 Å². The summed E-state index contributed by atoms with van der Waals surface area (Å²) in [5.74, 6) is 0.201. The number of amides is 1. The first-order valence-corrected chi connectivity index (χ1v) is 5.05. The fourth-order valence-electron chi connectivity index (χ4n) is 1.55. The van der Waals surface area contributed by atoms with E-state index in [1.165, 1.54) is 6.20 Å². The zero-order chi connectivity index (χ0) is 11.0. The molecule has 0 spiro atoms. The normalized spacial score (nSPS) is 15.0. The lowest BCUT2D eigenvalue weighted by Crippen LogP contribution is -2.17. The fourth-order valence-corrected chi connectivity index (χ4v) is 1.55. The van der Waals surface area contributed by atoms with Crippen LogP contribution in [0.15, 0.2) is 18.5 Å². The van der Waals surface area contributed by atoms with Crippen molar-refractivity contribution in [1.29, 1.82) is 0 Å². The standard InChI is InChI=1S/C9H10N6O/c16-9(12-8-5-10-14-13-8)7-3-4-11-15(7)6-1-2-6/h3-6H,1-2H2,(H2,10,12,13,14,16). The number of H-pyrrole nitrogens is 1. The van der Waals surface area contributed by atoms with E-state index in [-0.39, 0.29) is 5.91 Å². The van der Waals surface area contributed by atoms with Crippen molar-refractivity contribution in [2.45, 2.75) is 18.9 Å². The highest BCUT2D eigenvalue weighted by atomic mass is 16.2. The minimum absolute atomic E-state index is 0.210. The quantitative estimate of drug-likeness (QED) is 0.789. The van der Waals surface area contributed by atoms with Gasteiger partial charge in [-0.05, 0) is 18.9 Å². The number of aromatic amines is 1. The lowest BCUT2D eigenvalue weighted by atomic mass is 10.4. The summed E-state index contributed by atoms with van der Waals surface area (Å²) in [5.41, 5.74) is 0.561. The van der Waals surface area contributed by atoms with Gasteiger partial charge in [0.05, 0.1) is 12.2 Å². The van der Waals surface area contributed by atoms with Gasteiger partial charge in [0.1, 0.15) is 5.69 Å². The Morgan fingerprint density at radius 1 is 1.56 bits per heavy atom.